The van der Waals surface area contributed by atoms with Gasteiger partial charge >= 0.3 is 0 Å². The molecule has 1 fully saturated rings. The first-order chi connectivity index (χ1) is 3.00. The molecule has 0 amide bonds. The van der Waals surface area contributed by atoms with Crippen LogP contribution in [0.3, 0.4) is 0 Å². The maximum atomic E-state index is 1.50. The summed E-state index contributed by atoms with van der Waals surface area (Å²) in [4.78, 5) is 0. The monoisotopic (exact) mass is 94.1 g/mol. The van der Waals surface area contributed by atoms with E-state index in [4.69, 9.17) is 0 Å². The highest BCUT2D eigenvalue weighted by atomic mass is 14.0. The molecule has 0 aromatic rings. The first kappa shape index (κ1) is 7.00. The minimum absolute atomic E-state index is 0. The van der Waals surface area contributed by atoms with Gasteiger partial charge < -0.3 is 0 Å². The third-order valence-electron chi connectivity index (χ3n) is 1.50. The highest BCUT2D eigenvalue weighted by molar-refractivity contribution is 4.51. The molecule has 0 aliphatic heterocycles. The van der Waals surface area contributed by atoms with Crippen molar-refractivity contribution < 1.29 is 0 Å². The molecule has 0 unspecified atom stereocenters. The lowest BCUT2D eigenvalue weighted by atomic mass is 6.00. The average Bonchev–Trinajstić information content (AvgIpc) is 1.72. The van der Waals surface area contributed by atoms with Crippen molar-refractivity contribution in [3.63, 3.8) is 0 Å². The molecule has 0 heteroatoms. The quantitative estimate of drug-likeness (QED) is 0.433. The molecule has 0 spiro atoms. The third kappa shape index (κ3) is 2.67. The van der Waals surface area contributed by atoms with Gasteiger partial charge in [0.2, 0.25) is 0 Å². The maximum absolute atomic E-state index is 1.50. The Kier molecular flexibility index (Phi) is 4.17. The van der Waals surface area contributed by atoms with Gasteiger partial charge in [0.25, 0.3) is 0 Å². The molecular formula is C7H16. The van der Waals surface area contributed by atoms with E-state index in [-0.39, 0.29) is 7.43 Å². The lowest BCUT2D eigenvalue weighted by Gasteiger charge is -2.05. The first-order valence-corrected chi connectivity index (χ1v) is 3.00. The highest BCUT2D eigenvalue weighted by Gasteiger charge is 1.95. The molecule has 0 heterocycles. The van der Waals surface area contributed by atoms with E-state index >= 15 is 0 Å². The van der Waals surface area contributed by atoms with Crippen molar-refractivity contribution in [2.24, 2.45) is 0 Å². The van der Waals surface area contributed by atoms with Crippen molar-refractivity contribution in [3.8, 4) is 0 Å². The summed E-state index contributed by atoms with van der Waals surface area (Å²) in [5, 5.41) is 0. The molecule has 1 aliphatic rings. The van der Waals surface area contributed by atoms with Gasteiger partial charge in [0.15, 0.2) is 0 Å². The molecule has 1 saturated carbocycles. The molecule has 0 atom stereocenters. The molecule has 0 saturated heterocycles. The van der Waals surface area contributed by atoms with Gasteiger partial charge in [0.1, 0.15) is 0 Å². The summed E-state index contributed by atoms with van der Waals surface area (Å²) < 4.78 is 0. The van der Waals surface area contributed by atoms with E-state index in [1.807, 2.05) is 0 Å². The Morgan fingerprint density at radius 2 is 0.571 bits per heavy atom. The molecule has 0 aromatic heterocycles. The van der Waals surface area contributed by atoms with Crippen LogP contribution < -0.4 is 0 Å². The second-order valence-corrected chi connectivity index (χ2v) is 2.12. The third-order valence-corrected chi connectivity index (χ3v) is 1.50. The molecule has 0 nitrogen and oxygen atoms in total. The van der Waals surface area contributed by atoms with Gasteiger partial charge in [-0.05, 0) is 0 Å². The van der Waals surface area contributed by atoms with Crippen LogP contribution in [0.5, 0.6) is 0 Å². The molecule has 0 N–H and O–H groups in total. The van der Waals surface area contributed by atoms with Crippen LogP contribution in [0.15, 0.2) is 0 Å². The van der Waals surface area contributed by atoms with Crippen molar-refractivity contribution in [2.75, 3.05) is 0 Å². The van der Waals surface area contributed by atoms with E-state index < -0.39 is 0 Å². The van der Waals surface area contributed by atoms with Crippen LogP contribution in [0, 0.1) is 0 Å². The van der Waals surface area contributed by atoms with Crippen LogP contribution in [0.4, 0.5) is 0 Å². The molecule has 0 aromatic carbocycles. The summed E-state index contributed by atoms with van der Waals surface area (Å²) >= 11 is 0. The second kappa shape index (κ2) is 4.17. The van der Waals surface area contributed by atoms with Gasteiger partial charge in [-0.2, -0.15) is 0 Å². The van der Waals surface area contributed by atoms with Crippen LogP contribution in [0.1, 0.15) is 46.0 Å². The Morgan fingerprint density at radius 3 is 0.714 bits per heavy atom. The van der Waals surface area contributed by atoms with E-state index in [0.29, 0.717) is 0 Å². The zero-order valence-corrected chi connectivity index (χ0v) is 4.24. The Bertz CT molecular complexity index is 15.5. The van der Waals surface area contributed by atoms with Crippen LogP contribution in [0.25, 0.3) is 0 Å². The largest absolute Gasteiger partial charge is 0.0776 e. The van der Waals surface area contributed by atoms with E-state index in [2.05, 4.69) is 0 Å². The predicted molar refractivity (Wildman–Crippen MR) is 34.4 cm³/mol. The Morgan fingerprint density at radius 1 is 0.429 bits per heavy atom. The van der Waals surface area contributed by atoms with Crippen molar-refractivity contribution in [1.82, 2.24) is 0 Å². The summed E-state index contributed by atoms with van der Waals surface area (Å²) in [5.41, 5.74) is 0. The number of rotatable bonds is 0. The van der Waals surface area contributed by atoms with Gasteiger partial charge in [-0.1, -0.05) is 46.0 Å². The average molecular weight is 94.2 g/mol. The van der Waals surface area contributed by atoms with Crippen LogP contribution >= 0.6 is 0 Å². The van der Waals surface area contributed by atoms with Crippen LogP contribution in [0.2, 0.25) is 0 Å². The van der Waals surface area contributed by atoms with Gasteiger partial charge in [0.05, 0.1) is 0 Å². The molecule has 44 valence electrons. The van der Waals surface area contributed by atoms with Crippen LogP contribution in [-0.2, 0) is 0 Å². The fourth-order valence-corrected chi connectivity index (χ4v) is 1.06. The molecular weight excluding hydrogens is 78.1 g/mol. The van der Waals surface area contributed by atoms with Crippen molar-refractivity contribution in [2.45, 2.75) is 46.0 Å². The highest BCUT2D eigenvalue weighted by Crippen LogP contribution is 2.15. The summed E-state index contributed by atoms with van der Waals surface area (Å²) in [6.07, 6.45) is 9.00. The molecule has 0 bridgehead atoms. The predicted octanol–water partition coefficient (Wildman–Crippen LogP) is 2.98. The lowest BCUT2D eigenvalue weighted by Crippen LogP contribution is -1.85. The van der Waals surface area contributed by atoms with Crippen LogP contribution in [-0.4, -0.2) is 0 Å². The summed E-state index contributed by atoms with van der Waals surface area (Å²) in [7, 11) is 0. The Balaban J connectivity index is 0.000000360. The molecule has 0 radical (unpaired) electrons. The van der Waals surface area contributed by atoms with E-state index in [9.17, 15) is 0 Å². The van der Waals surface area contributed by atoms with E-state index in [1.54, 1.807) is 0 Å². The first-order valence-electron chi connectivity index (χ1n) is 3.00. The second-order valence-electron chi connectivity index (χ2n) is 2.12. The SMILES string of the molecule is C1CCCCC1.[6CH4]. The smallest absolute Gasteiger partial charge is 0.0533 e. The normalized spacial score (nSPS) is 20.6. The minimum atomic E-state index is 0. The fourth-order valence-electron chi connectivity index (χ4n) is 1.06. The van der Waals surface area contributed by atoms with E-state index in [0.717, 1.165) is 0 Å². The Labute approximate surface area is 46.9 Å². The van der Waals surface area contributed by atoms with Crippen molar-refractivity contribution in [3.05, 3.63) is 0 Å². The number of hydrogen-bond donors (Lipinski definition) is 0. The fraction of sp³-hybridized carbons (Fsp3) is 1.00. The van der Waals surface area contributed by atoms with Crippen molar-refractivity contribution in [1.29, 1.82) is 0 Å². The number of hydrogen-bond acceptors (Lipinski definition) is 0. The summed E-state index contributed by atoms with van der Waals surface area (Å²) in [6, 6.07) is 0. The van der Waals surface area contributed by atoms with Gasteiger partial charge in [0, 0.05) is 0 Å². The summed E-state index contributed by atoms with van der Waals surface area (Å²) in [6.45, 7) is 0. The summed E-state index contributed by atoms with van der Waals surface area (Å²) in [5.74, 6) is 0. The zero-order valence-electron chi connectivity index (χ0n) is 4.24. The standard InChI is InChI=1S/C6H12.CH4/c1-2-4-6-5-3-1;/h1-6H2;1H4/i;1-6. The Hall–Kier alpha value is 0. The lowest BCUT2D eigenvalue weighted by molar-refractivity contribution is 0.504. The van der Waals surface area contributed by atoms with E-state index in [1.165, 1.54) is 38.5 Å². The zero-order chi connectivity index (χ0) is 4.24. The molecule has 1 rings (SSSR count). The van der Waals surface area contributed by atoms with Crippen molar-refractivity contribution >= 4 is 0 Å². The molecule has 1 aliphatic carbocycles. The topological polar surface area (TPSA) is 0 Å². The van der Waals surface area contributed by atoms with Gasteiger partial charge in [-0.25, -0.2) is 0 Å². The molecule has 7 heavy (non-hydrogen) atoms. The minimum Gasteiger partial charge on any atom is -0.0776 e. The maximum Gasteiger partial charge on any atom is -0.0533 e. The van der Waals surface area contributed by atoms with Gasteiger partial charge in [-0.3, -0.25) is 0 Å². The van der Waals surface area contributed by atoms with Gasteiger partial charge in [-0.15, -0.1) is 0 Å².